The Balaban J connectivity index is 2.71. The molecule has 3 heteroatoms. The molecule has 0 aliphatic heterocycles. The smallest absolute Gasteiger partial charge is 0.150 e. The molecule has 1 unspecified atom stereocenters. The molecule has 0 heterocycles. The van der Waals surface area contributed by atoms with Crippen LogP contribution in [-0.4, -0.2) is 5.01 Å². The quantitative estimate of drug-likeness (QED) is 0.694. The third-order valence-electron chi connectivity index (χ3n) is 1.09. The van der Waals surface area contributed by atoms with Gasteiger partial charge < -0.3 is 4.74 Å². The first-order chi connectivity index (χ1) is 5.18. The van der Waals surface area contributed by atoms with Gasteiger partial charge in [0.1, 0.15) is 11.6 Å². The van der Waals surface area contributed by atoms with Crippen molar-refractivity contribution in [3.8, 4) is 5.75 Å². The highest BCUT2D eigenvalue weighted by Crippen LogP contribution is 2.15. The number of alkyl halides is 1. The summed E-state index contributed by atoms with van der Waals surface area (Å²) in [7, 11) is 0. The lowest BCUT2D eigenvalue weighted by Crippen LogP contribution is -2.01. The molecular formula is C8H8BrFO. The van der Waals surface area contributed by atoms with Gasteiger partial charge in [0.05, 0.1) is 0 Å². The van der Waals surface area contributed by atoms with Crippen LogP contribution >= 0.6 is 15.9 Å². The minimum absolute atomic E-state index is 0.0932. The molecule has 1 nitrogen and oxygen atoms in total. The molecule has 0 aliphatic rings. The van der Waals surface area contributed by atoms with E-state index in [-0.39, 0.29) is 10.8 Å². The summed E-state index contributed by atoms with van der Waals surface area (Å²) in [5, 5.41) is -0.0932. The lowest BCUT2D eigenvalue weighted by atomic mass is 10.3. The van der Waals surface area contributed by atoms with Crippen molar-refractivity contribution in [3.05, 3.63) is 30.1 Å². The van der Waals surface area contributed by atoms with Crippen molar-refractivity contribution in [2.45, 2.75) is 11.9 Å². The minimum atomic E-state index is -0.282. The molecule has 1 atom stereocenters. The molecule has 0 aliphatic carbocycles. The van der Waals surface area contributed by atoms with Gasteiger partial charge in [0.15, 0.2) is 5.01 Å². The second-order valence-electron chi connectivity index (χ2n) is 2.12. The summed E-state index contributed by atoms with van der Waals surface area (Å²) >= 11 is 3.19. The van der Waals surface area contributed by atoms with Gasteiger partial charge >= 0.3 is 0 Å². The van der Waals surface area contributed by atoms with E-state index in [0.29, 0.717) is 5.75 Å². The molecule has 1 aromatic rings. The molecular weight excluding hydrogens is 211 g/mol. The van der Waals surface area contributed by atoms with Crippen LogP contribution in [0, 0.1) is 5.82 Å². The molecule has 1 aromatic carbocycles. The molecule has 0 N–H and O–H groups in total. The predicted molar refractivity (Wildman–Crippen MR) is 45.4 cm³/mol. The first-order valence-electron chi connectivity index (χ1n) is 3.25. The monoisotopic (exact) mass is 218 g/mol. The molecule has 0 saturated carbocycles. The van der Waals surface area contributed by atoms with Crippen molar-refractivity contribution in [2.24, 2.45) is 0 Å². The number of hydrogen-bond donors (Lipinski definition) is 0. The van der Waals surface area contributed by atoms with Gasteiger partial charge in [-0.3, -0.25) is 0 Å². The van der Waals surface area contributed by atoms with Crippen LogP contribution in [0.5, 0.6) is 5.75 Å². The summed E-state index contributed by atoms with van der Waals surface area (Å²) in [6, 6.07) is 6.05. The van der Waals surface area contributed by atoms with Gasteiger partial charge in [0.25, 0.3) is 0 Å². The third-order valence-corrected chi connectivity index (χ3v) is 1.28. The van der Waals surface area contributed by atoms with E-state index in [0.717, 1.165) is 0 Å². The van der Waals surface area contributed by atoms with Crippen molar-refractivity contribution in [2.75, 3.05) is 0 Å². The van der Waals surface area contributed by atoms with Crippen LogP contribution in [0.4, 0.5) is 4.39 Å². The Bertz CT molecular complexity index is 237. The topological polar surface area (TPSA) is 9.23 Å². The molecule has 0 radical (unpaired) electrons. The Morgan fingerprint density at radius 1 is 1.55 bits per heavy atom. The van der Waals surface area contributed by atoms with Crippen LogP contribution in [0.2, 0.25) is 0 Å². The summed E-state index contributed by atoms with van der Waals surface area (Å²) in [4.78, 5) is 0. The second kappa shape index (κ2) is 3.72. The zero-order valence-electron chi connectivity index (χ0n) is 6.05. The summed E-state index contributed by atoms with van der Waals surface area (Å²) in [5.41, 5.74) is 0. The standard InChI is InChI=1S/C8H8BrFO/c1-6(9)11-8-4-2-3-7(10)5-8/h2-6H,1H3. The van der Waals surface area contributed by atoms with Crippen molar-refractivity contribution in [1.29, 1.82) is 0 Å². The normalized spacial score (nSPS) is 12.6. The van der Waals surface area contributed by atoms with Crippen molar-refractivity contribution < 1.29 is 9.13 Å². The summed E-state index contributed by atoms with van der Waals surface area (Å²) in [6.45, 7) is 1.82. The molecule has 0 amide bonds. The van der Waals surface area contributed by atoms with Crippen molar-refractivity contribution in [1.82, 2.24) is 0 Å². The lowest BCUT2D eigenvalue weighted by molar-refractivity contribution is 0.312. The Kier molecular flexibility index (Phi) is 2.88. The van der Waals surface area contributed by atoms with Crippen LogP contribution in [0.25, 0.3) is 0 Å². The van der Waals surface area contributed by atoms with E-state index in [4.69, 9.17) is 4.74 Å². The molecule has 0 spiro atoms. The Hall–Kier alpha value is -0.570. The Morgan fingerprint density at radius 3 is 2.82 bits per heavy atom. The summed E-state index contributed by atoms with van der Waals surface area (Å²) < 4.78 is 17.7. The van der Waals surface area contributed by atoms with E-state index in [9.17, 15) is 4.39 Å². The van der Waals surface area contributed by atoms with E-state index in [1.54, 1.807) is 12.1 Å². The van der Waals surface area contributed by atoms with Crippen LogP contribution < -0.4 is 4.74 Å². The highest BCUT2D eigenvalue weighted by Gasteiger charge is 1.98. The molecule has 11 heavy (non-hydrogen) atoms. The molecule has 60 valence electrons. The first-order valence-corrected chi connectivity index (χ1v) is 4.16. The maximum Gasteiger partial charge on any atom is 0.150 e. The van der Waals surface area contributed by atoms with E-state index < -0.39 is 0 Å². The first kappa shape index (κ1) is 8.53. The average Bonchev–Trinajstić information content (AvgIpc) is 1.85. The molecule has 0 fully saturated rings. The fourth-order valence-corrected chi connectivity index (χ4v) is 0.944. The Labute approximate surface area is 73.3 Å². The van der Waals surface area contributed by atoms with Crippen LogP contribution in [0.1, 0.15) is 6.92 Å². The van der Waals surface area contributed by atoms with Gasteiger partial charge in [-0.2, -0.15) is 0 Å². The van der Waals surface area contributed by atoms with Crippen molar-refractivity contribution in [3.63, 3.8) is 0 Å². The summed E-state index contributed by atoms with van der Waals surface area (Å²) in [5.74, 6) is 0.255. The van der Waals surface area contributed by atoms with Gasteiger partial charge in [0, 0.05) is 6.07 Å². The lowest BCUT2D eigenvalue weighted by Gasteiger charge is -2.06. The number of halogens is 2. The maximum atomic E-state index is 12.5. The fourth-order valence-electron chi connectivity index (χ4n) is 0.728. The SMILES string of the molecule is CC(Br)Oc1cccc(F)c1. The predicted octanol–water partition coefficient (Wildman–Crippen LogP) is 2.95. The van der Waals surface area contributed by atoms with Gasteiger partial charge in [-0.05, 0) is 35.0 Å². The molecule has 0 saturated heterocycles. The van der Waals surface area contributed by atoms with Crippen LogP contribution in [0.3, 0.4) is 0 Å². The number of benzene rings is 1. The minimum Gasteiger partial charge on any atom is -0.479 e. The van der Waals surface area contributed by atoms with Crippen LogP contribution in [0.15, 0.2) is 24.3 Å². The van der Waals surface area contributed by atoms with E-state index in [2.05, 4.69) is 15.9 Å². The van der Waals surface area contributed by atoms with E-state index >= 15 is 0 Å². The van der Waals surface area contributed by atoms with Gasteiger partial charge in [-0.1, -0.05) is 6.07 Å². The van der Waals surface area contributed by atoms with Crippen LogP contribution in [-0.2, 0) is 0 Å². The van der Waals surface area contributed by atoms with Gasteiger partial charge in [0.2, 0.25) is 0 Å². The van der Waals surface area contributed by atoms with Gasteiger partial charge in [-0.15, -0.1) is 0 Å². The van der Waals surface area contributed by atoms with Crippen molar-refractivity contribution >= 4 is 15.9 Å². The highest BCUT2D eigenvalue weighted by atomic mass is 79.9. The van der Waals surface area contributed by atoms with E-state index in [1.165, 1.54) is 12.1 Å². The maximum absolute atomic E-state index is 12.5. The second-order valence-corrected chi connectivity index (χ2v) is 3.41. The zero-order chi connectivity index (χ0) is 8.27. The number of hydrogen-bond acceptors (Lipinski definition) is 1. The molecule has 1 rings (SSSR count). The highest BCUT2D eigenvalue weighted by molar-refractivity contribution is 9.09. The van der Waals surface area contributed by atoms with E-state index in [1.807, 2.05) is 6.92 Å². The number of rotatable bonds is 2. The third kappa shape index (κ3) is 2.89. The largest absolute Gasteiger partial charge is 0.479 e. The zero-order valence-corrected chi connectivity index (χ0v) is 7.64. The summed E-state index contributed by atoms with van der Waals surface area (Å²) in [6.07, 6.45) is 0. The van der Waals surface area contributed by atoms with Gasteiger partial charge in [-0.25, -0.2) is 4.39 Å². The fraction of sp³-hybridized carbons (Fsp3) is 0.250. The molecule has 0 bridgehead atoms. The molecule has 0 aromatic heterocycles. The number of ether oxygens (including phenoxy) is 1. The Morgan fingerprint density at radius 2 is 2.27 bits per heavy atom. The average molecular weight is 219 g/mol.